The van der Waals surface area contributed by atoms with Crippen molar-refractivity contribution in [3.05, 3.63) is 0 Å². The van der Waals surface area contributed by atoms with E-state index in [2.05, 4.69) is 11.7 Å². The third-order valence-electron chi connectivity index (χ3n) is 2.18. The highest BCUT2D eigenvalue weighted by Crippen LogP contribution is 2.16. The standard InChI is InChI=1S/C9H18O3/c1-5-7(2)8(6-11-3)9(10)12-4/h7-8H,5-6H2,1-4H3. The summed E-state index contributed by atoms with van der Waals surface area (Å²) in [5, 5.41) is 0. The number of carbonyl (C=O) groups is 1. The SMILES string of the molecule is CCC(C)C(COC)C(=O)OC. The van der Waals surface area contributed by atoms with Crippen LogP contribution in [-0.4, -0.2) is 26.8 Å². The summed E-state index contributed by atoms with van der Waals surface area (Å²) in [6.07, 6.45) is 0.961. The van der Waals surface area contributed by atoms with Gasteiger partial charge in [-0.15, -0.1) is 0 Å². The highest BCUT2D eigenvalue weighted by Gasteiger charge is 2.24. The zero-order chi connectivity index (χ0) is 9.56. The van der Waals surface area contributed by atoms with E-state index in [1.165, 1.54) is 7.11 Å². The summed E-state index contributed by atoms with van der Waals surface area (Å²) in [7, 11) is 3.01. The summed E-state index contributed by atoms with van der Waals surface area (Å²) < 4.78 is 9.62. The molecule has 0 amide bonds. The van der Waals surface area contributed by atoms with E-state index in [-0.39, 0.29) is 11.9 Å². The quantitative estimate of drug-likeness (QED) is 0.592. The first-order valence-electron chi connectivity index (χ1n) is 4.24. The number of hydrogen-bond acceptors (Lipinski definition) is 3. The van der Waals surface area contributed by atoms with Crippen molar-refractivity contribution in [2.45, 2.75) is 20.3 Å². The van der Waals surface area contributed by atoms with Gasteiger partial charge in [-0.3, -0.25) is 4.79 Å². The van der Waals surface area contributed by atoms with Gasteiger partial charge in [-0.05, 0) is 5.92 Å². The van der Waals surface area contributed by atoms with Crippen molar-refractivity contribution >= 4 is 5.97 Å². The van der Waals surface area contributed by atoms with Gasteiger partial charge in [0.2, 0.25) is 0 Å². The van der Waals surface area contributed by atoms with Gasteiger partial charge in [0.15, 0.2) is 0 Å². The van der Waals surface area contributed by atoms with Crippen molar-refractivity contribution in [1.82, 2.24) is 0 Å². The fourth-order valence-corrected chi connectivity index (χ4v) is 1.08. The Morgan fingerprint density at radius 3 is 2.33 bits per heavy atom. The molecule has 0 spiro atoms. The van der Waals surface area contributed by atoms with Crippen LogP contribution in [0.1, 0.15) is 20.3 Å². The van der Waals surface area contributed by atoms with Crippen LogP contribution in [0.4, 0.5) is 0 Å². The second-order valence-corrected chi connectivity index (χ2v) is 2.97. The maximum atomic E-state index is 11.2. The summed E-state index contributed by atoms with van der Waals surface area (Å²) >= 11 is 0. The topological polar surface area (TPSA) is 35.5 Å². The van der Waals surface area contributed by atoms with Crippen LogP contribution >= 0.6 is 0 Å². The van der Waals surface area contributed by atoms with Gasteiger partial charge >= 0.3 is 5.97 Å². The highest BCUT2D eigenvalue weighted by atomic mass is 16.5. The predicted molar refractivity (Wildman–Crippen MR) is 46.8 cm³/mol. The Labute approximate surface area is 74.0 Å². The molecule has 0 aliphatic carbocycles. The van der Waals surface area contributed by atoms with Crippen molar-refractivity contribution < 1.29 is 14.3 Å². The van der Waals surface area contributed by atoms with E-state index in [1.807, 2.05) is 6.92 Å². The molecule has 72 valence electrons. The minimum Gasteiger partial charge on any atom is -0.469 e. The zero-order valence-electron chi connectivity index (χ0n) is 8.29. The molecule has 0 radical (unpaired) electrons. The van der Waals surface area contributed by atoms with Gasteiger partial charge in [0.25, 0.3) is 0 Å². The maximum absolute atomic E-state index is 11.2. The molecule has 0 aromatic heterocycles. The molecule has 2 unspecified atom stereocenters. The van der Waals surface area contributed by atoms with Gasteiger partial charge in [-0.1, -0.05) is 20.3 Å². The third kappa shape index (κ3) is 3.22. The van der Waals surface area contributed by atoms with E-state index in [0.717, 1.165) is 6.42 Å². The van der Waals surface area contributed by atoms with Crippen molar-refractivity contribution in [1.29, 1.82) is 0 Å². The van der Waals surface area contributed by atoms with E-state index in [0.29, 0.717) is 12.5 Å². The van der Waals surface area contributed by atoms with Crippen LogP contribution in [0.5, 0.6) is 0 Å². The van der Waals surface area contributed by atoms with Gasteiger partial charge in [0.05, 0.1) is 19.6 Å². The Bertz CT molecular complexity index is 134. The summed E-state index contributed by atoms with van der Waals surface area (Å²) in [5.41, 5.74) is 0. The van der Waals surface area contributed by atoms with Crippen LogP contribution in [0.25, 0.3) is 0 Å². The van der Waals surface area contributed by atoms with Gasteiger partial charge in [0, 0.05) is 7.11 Å². The molecule has 0 aromatic rings. The Kier molecular flexibility index (Phi) is 5.72. The second kappa shape index (κ2) is 6.00. The molecule has 0 rings (SSSR count). The number of carbonyl (C=O) groups excluding carboxylic acids is 1. The largest absolute Gasteiger partial charge is 0.469 e. The molecule has 12 heavy (non-hydrogen) atoms. The van der Waals surface area contributed by atoms with Gasteiger partial charge < -0.3 is 9.47 Å². The van der Waals surface area contributed by atoms with Crippen LogP contribution in [0.15, 0.2) is 0 Å². The van der Waals surface area contributed by atoms with Crippen LogP contribution in [0.3, 0.4) is 0 Å². The molecule has 0 aliphatic rings. The molecule has 0 bridgehead atoms. The van der Waals surface area contributed by atoms with E-state index < -0.39 is 0 Å². The Morgan fingerprint density at radius 1 is 1.42 bits per heavy atom. The molecule has 2 atom stereocenters. The average Bonchev–Trinajstić information content (AvgIpc) is 2.11. The number of esters is 1. The van der Waals surface area contributed by atoms with E-state index >= 15 is 0 Å². The number of rotatable bonds is 5. The average molecular weight is 174 g/mol. The van der Waals surface area contributed by atoms with Crippen LogP contribution in [0.2, 0.25) is 0 Å². The third-order valence-corrected chi connectivity index (χ3v) is 2.18. The summed E-state index contributed by atoms with van der Waals surface area (Å²) in [6, 6.07) is 0. The van der Waals surface area contributed by atoms with Crippen LogP contribution in [-0.2, 0) is 14.3 Å². The number of ether oxygens (including phenoxy) is 2. The lowest BCUT2D eigenvalue weighted by atomic mass is 9.93. The predicted octanol–water partition coefficient (Wildman–Crippen LogP) is 1.47. The normalized spacial score (nSPS) is 15.3. The molecular formula is C9H18O3. The summed E-state index contributed by atoms with van der Waals surface area (Å²) in [6.45, 7) is 4.53. The minimum absolute atomic E-state index is 0.120. The first-order valence-corrected chi connectivity index (χ1v) is 4.24. The lowest BCUT2D eigenvalue weighted by Crippen LogP contribution is -2.27. The first kappa shape index (κ1) is 11.4. The van der Waals surface area contributed by atoms with Crippen molar-refractivity contribution in [2.75, 3.05) is 20.8 Å². The molecular weight excluding hydrogens is 156 g/mol. The minimum atomic E-state index is -0.175. The molecule has 0 heterocycles. The Hall–Kier alpha value is -0.570. The van der Waals surface area contributed by atoms with Crippen molar-refractivity contribution in [3.8, 4) is 0 Å². The molecule has 0 fully saturated rings. The zero-order valence-corrected chi connectivity index (χ0v) is 8.29. The Balaban J connectivity index is 4.11. The maximum Gasteiger partial charge on any atom is 0.311 e. The fourth-order valence-electron chi connectivity index (χ4n) is 1.08. The molecule has 0 saturated heterocycles. The molecule has 0 saturated carbocycles. The van der Waals surface area contributed by atoms with Gasteiger partial charge in [-0.2, -0.15) is 0 Å². The van der Waals surface area contributed by atoms with Crippen molar-refractivity contribution in [2.24, 2.45) is 11.8 Å². The molecule has 0 aromatic carbocycles. The van der Waals surface area contributed by atoms with E-state index in [9.17, 15) is 4.79 Å². The smallest absolute Gasteiger partial charge is 0.311 e. The second-order valence-electron chi connectivity index (χ2n) is 2.97. The van der Waals surface area contributed by atoms with Crippen LogP contribution < -0.4 is 0 Å². The molecule has 0 aliphatic heterocycles. The Morgan fingerprint density at radius 2 is 2.00 bits per heavy atom. The molecule has 3 nitrogen and oxygen atoms in total. The summed E-state index contributed by atoms with van der Waals surface area (Å²) in [4.78, 5) is 11.2. The number of methoxy groups -OCH3 is 2. The summed E-state index contributed by atoms with van der Waals surface area (Å²) in [5.74, 6) is 0.0219. The van der Waals surface area contributed by atoms with Crippen LogP contribution in [0, 0.1) is 11.8 Å². The molecule has 0 N–H and O–H groups in total. The van der Waals surface area contributed by atoms with Gasteiger partial charge in [-0.25, -0.2) is 0 Å². The lowest BCUT2D eigenvalue weighted by Gasteiger charge is -2.19. The monoisotopic (exact) mass is 174 g/mol. The highest BCUT2D eigenvalue weighted by molar-refractivity contribution is 5.72. The van der Waals surface area contributed by atoms with Crippen molar-refractivity contribution in [3.63, 3.8) is 0 Å². The molecule has 3 heteroatoms. The van der Waals surface area contributed by atoms with E-state index in [4.69, 9.17) is 4.74 Å². The lowest BCUT2D eigenvalue weighted by molar-refractivity contribution is -0.149. The van der Waals surface area contributed by atoms with E-state index in [1.54, 1.807) is 7.11 Å². The number of hydrogen-bond donors (Lipinski definition) is 0. The fraction of sp³-hybridized carbons (Fsp3) is 0.889. The van der Waals surface area contributed by atoms with Gasteiger partial charge in [0.1, 0.15) is 0 Å². The first-order chi connectivity index (χ1) is 5.67.